The smallest absolute Gasteiger partial charge is 0.252 e. The minimum atomic E-state index is -3.88. The quantitative estimate of drug-likeness (QED) is 0.431. The summed E-state index contributed by atoms with van der Waals surface area (Å²) in [4.78, 5) is 16.7. The van der Waals surface area contributed by atoms with Gasteiger partial charge in [0.05, 0.1) is 45.3 Å². The van der Waals surface area contributed by atoms with Gasteiger partial charge in [0.2, 0.25) is 9.84 Å². The highest BCUT2D eigenvalue weighted by atomic mass is 32.2. The Morgan fingerprint density at radius 2 is 1.82 bits per heavy atom. The lowest BCUT2D eigenvalue weighted by Gasteiger charge is -2.16. The van der Waals surface area contributed by atoms with Crippen molar-refractivity contribution in [3.05, 3.63) is 83.6 Å². The van der Waals surface area contributed by atoms with E-state index in [2.05, 4.69) is 16.4 Å². The number of pyridine rings is 1. The molecule has 0 aliphatic carbocycles. The van der Waals surface area contributed by atoms with Gasteiger partial charge in [0.15, 0.2) is 0 Å². The van der Waals surface area contributed by atoms with Crippen molar-refractivity contribution in [1.82, 2.24) is 4.98 Å². The zero-order valence-corrected chi connectivity index (χ0v) is 19.2. The summed E-state index contributed by atoms with van der Waals surface area (Å²) in [6.45, 7) is 1.74. The lowest BCUT2D eigenvalue weighted by molar-refractivity contribution is 0.100. The Kier molecular flexibility index (Phi) is 5.92. The fraction of sp³-hybridized carbons (Fsp3) is 0.0800. The Bertz CT molecular complexity index is 1570. The van der Waals surface area contributed by atoms with Crippen LogP contribution in [0.1, 0.15) is 21.5 Å². The molecule has 0 unspecified atom stereocenters. The lowest BCUT2D eigenvalue weighted by Crippen LogP contribution is -2.14. The van der Waals surface area contributed by atoms with E-state index >= 15 is 0 Å². The molecule has 9 heteroatoms. The van der Waals surface area contributed by atoms with Crippen molar-refractivity contribution in [2.75, 3.05) is 12.4 Å². The lowest BCUT2D eigenvalue weighted by atomic mass is 10.0. The number of carbonyl (C=O) groups is 1. The van der Waals surface area contributed by atoms with Crippen LogP contribution in [0.4, 0.5) is 11.4 Å². The van der Waals surface area contributed by atoms with Crippen molar-refractivity contribution in [2.24, 2.45) is 5.73 Å². The predicted molar refractivity (Wildman–Crippen MR) is 128 cm³/mol. The van der Waals surface area contributed by atoms with Gasteiger partial charge in [0, 0.05) is 17.3 Å². The molecule has 4 rings (SSSR count). The number of hydrogen-bond acceptors (Lipinski definition) is 7. The molecule has 1 aromatic heterocycles. The van der Waals surface area contributed by atoms with E-state index in [1.165, 1.54) is 31.5 Å². The third kappa shape index (κ3) is 4.14. The number of methoxy groups -OCH3 is 1. The van der Waals surface area contributed by atoms with Crippen molar-refractivity contribution in [1.29, 1.82) is 5.26 Å². The van der Waals surface area contributed by atoms with Gasteiger partial charge in [-0.1, -0.05) is 6.07 Å². The highest BCUT2D eigenvalue weighted by molar-refractivity contribution is 7.91. The number of carbonyl (C=O) groups excluding carboxylic acids is 1. The minimum Gasteiger partial charge on any atom is -0.497 e. The second-order valence-corrected chi connectivity index (χ2v) is 9.49. The average molecular weight is 473 g/mol. The molecule has 1 amide bonds. The molecule has 3 aromatic carbocycles. The molecule has 0 spiro atoms. The van der Waals surface area contributed by atoms with E-state index in [1.807, 2.05) is 0 Å². The number of amides is 1. The van der Waals surface area contributed by atoms with Crippen LogP contribution in [-0.2, 0) is 9.84 Å². The number of primary amides is 1. The van der Waals surface area contributed by atoms with Crippen LogP contribution in [0, 0.1) is 18.3 Å². The van der Waals surface area contributed by atoms with Gasteiger partial charge in [0.25, 0.3) is 5.91 Å². The van der Waals surface area contributed by atoms with E-state index < -0.39 is 15.7 Å². The van der Waals surface area contributed by atoms with Gasteiger partial charge in [-0.15, -0.1) is 0 Å². The summed E-state index contributed by atoms with van der Waals surface area (Å²) in [6, 6.07) is 17.8. The van der Waals surface area contributed by atoms with Crippen molar-refractivity contribution < 1.29 is 17.9 Å². The standard InChI is InChI=1S/C25H20N4O4S/c1-15-10-20(34(31,32)19-8-6-18(33-2)7-9-19)12-21-23(15)28-14-22(25(27)30)24(21)29-17-5-3-4-16(11-17)13-26/h3-12,14H,1-2H3,(H2,27,30)(H,28,29). The Balaban J connectivity index is 1.94. The highest BCUT2D eigenvalue weighted by Crippen LogP contribution is 2.34. The van der Waals surface area contributed by atoms with Crippen LogP contribution in [-0.4, -0.2) is 26.4 Å². The molecule has 1 heterocycles. The minimum absolute atomic E-state index is 0.0416. The Labute approximate surface area is 196 Å². The Morgan fingerprint density at radius 3 is 2.47 bits per heavy atom. The molecule has 0 bridgehead atoms. The van der Waals surface area contributed by atoms with E-state index in [9.17, 15) is 18.5 Å². The number of sulfone groups is 1. The summed E-state index contributed by atoms with van der Waals surface area (Å²) >= 11 is 0. The molecular formula is C25H20N4O4S. The zero-order chi connectivity index (χ0) is 24.5. The molecule has 34 heavy (non-hydrogen) atoms. The fourth-order valence-electron chi connectivity index (χ4n) is 3.63. The maximum atomic E-state index is 13.4. The van der Waals surface area contributed by atoms with Gasteiger partial charge in [0.1, 0.15) is 5.75 Å². The first kappa shape index (κ1) is 22.8. The number of aromatic nitrogens is 1. The first-order valence-corrected chi connectivity index (χ1v) is 11.6. The van der Waals surface area contributed by atoms with Gasteiger partial charge in [-0.2, -0.15) is 5.26 Å². The number of nitrogens with two attached hydrogens (primary N) is 1. The van der Waals surface area contributed by atoms with E-state index in [4.69, 9.17) is 10.5 Å². The number of fused-ring (bicyclic) bond motifs is 1. The third-order valence-corrected chi connectivity index (χ3v) is 7.09. The SMILES string of the molecule is COc1ccc(S(=O)(=O)c2cc(C)c3ncc(C(N)=O)c(Nc4cccc(C#N)c4)c3c2)cc1. The van der Waals surface area contributed by atoms with Gasteiger partial charge in [-0.25, -0.2) is 8.42 Å². The van der Waals surface area contributed by atoms with Gasteiger partial charge < -0.3 is 15.8 Å². The number of nitrogens with one attached hydrogen (secondary N) is 1. The van der Waals surface area contributed by atoms with Crippen LogP contribution in [0.3, 0.4) is 0 Å². The Morgan fingerprint density at radius 1 is 1.09 bits per heavy atom. The zero-order valence-electron chi connectivity index (χ0n) is 18.4. The van der Waals surface area contributed by atoms with E-state index in [0.717, 1.165) is 0 Å². The van der Waals surface area contributed by atoms with Crippen molar-refractivity contribution in [3.8, 4) is 11.8 Å². The van der Waals surface area contributed by atoms with E-state index in [1.54, 1.807) is 49.4 Å². The molecule has 8 nitrogen and oxygen atoms in total. The molecular weight excluding hydrogens is 452 g/mol. The van der Waals surface area contributed by atoms with Crippen LogP contribution in [0.25, 0.3) is 10.9 Å². The molecule has 0 aliphatic rings. The number of rotatable bonds is 6. The highest BCUT2D eigenvalue weighted by Gasteiger charge is 2.22. The van der Waals surface area contributed by atoms with E-state index in [0.29, 0.717) is 39.2 Å². The van der Waals surface area contributed by atoms with Crippen molar-refractivity contribution in [2.45, 2.75) is 16.7 Å². The summed E-state index contributed by atoms with van der Waals surface area (Å²) in [7, 11) is -2.38. The molecule has 0 saturated carbocycles. The summed E-state index contributed by atoms with van der Waals surface area (Å²) in [5.41, 5.74) is 8.07. The topological polar surface area (TPSA) is 135 Å². The summed E-state index contributed by atoms with van der Waals surface area (Å²) < 4.78 is 31.9. The number of aryl methyl sites for hydroxylation is 1. The molecule has 0 radical (unpaired) electrons. The van der Waals surface area contributed by atoms with Crippen LogP contribution < -0.4 is 15.8 Å². The fourth-order valence-corrected chi connectivity index (χ4v) is 5.00. The first-order valence-electron chi connectivity index (χ1n) is 10.1. The molecule has 170 valence electrons. The number of nitrogens with zero attached hydrogens (tertiary/aromatic N) is 2. The second-order valence-electron chi connectivity index (χ2n) is 7.54. The number of anilines is 2. The summed E-state index contributed by atoms with van der Waals surface area (Å²) in [6.07, 6.45) is 1.35. The number of nitriles is 1. The second kappa shape index (κ2) is 8.84. The molecule has 0 aliphatic heterocycles. The summed E-state index contributed by atoms with van der Waals surface area (Å²) in [5, 5.41) is 12.7. The van der Waals surface area contributed by atoms with Crippen molar-refractivity contribution >= 4 is 38.0 Å². The Hall–Kier alpha value is -4.42. The number of benzene rings is 3. The number of ether oxygens (including phenoxy) is 1. The van der Waals surface area contributed by atoms with Gasteiger partial charge >= 0.3 is 0 Å². The maximum Gasteiger partial charge on any atom is 0.252 e. The van der Waals surface area contributed by atoms with Crippen LogP contribution in [0.15, 0.2) is 76.7 Å². The number of hydrogen-bond donors (Lipinski definition) is 2. The summed E-state index contributed by atoms with van der Waals surface area (Å²) in [5.74, 6) is -0.190. The van der Waals surface area contributed by atoms with Crippen LogP contribution in [0.5, 0.6) is 5.75 Å². The monoisotopic (exact) mass is 472 g/mol. The molecule has 0 fully saturated rings. The van der Waals surface area contributed by atoms with E-state index in [-0.39, 0.29) is 15.4 Å². The molecule has 3 N–H and O–H groups in total. The molecule has 4 aromatic rings. The largest absolute Gasteiger partial charge is 0.497 e. The third-order valence-electron chi connectivity index (χ3n) is 5.34. The van der Waals surface area contributed by atoms with Gasteiger partial charge in [-0.05, 0) is 67.1 Å². The van der Waals surface area contributed by atoms with Crippen LogP contribution in [0.2, 0.25) is 0 Å². The average Bonchev–Trinajstić information content (AvgIpc) is 2.84. The predicted octanol–water partition coefficient (Wildman–Crippen LogP) is 4.10. The molecule has 0 saturated heterocycles. The van der Waals surface area contributed by atoms with Gasteiger partial charge in [-0.3, -0.25) is 9.78 Å². The van der Waals surface area contributed by atoms with Crippen molar-refractivity contribution in [3.63, 3.8) is 0 Å². The molecule has 0 atom stereocenters. The first-order chi connectivity index (χ1) is 16.2. The maximum absolute atomic E-state index is 13.4. The van der Waals surface area contributed by atoms with Crippen LogP contribution >= 0.6 is 0 Å². The normalized spacial score (nSPS) is 11.1.